The Kier molecular flexibility index (Phi) is 4.12. The smallest absolute Gasteiger partial charge is 0.307 e. The van der Waals surface area contributed by atoms with Gasteiger partial charge >= 0.3 is 5.97 Å². The summed E-state index contributed by atoms with van der Waals surface area (Å²) >= 11 is 0. The first-order valence-corrected chi connectivity index (χ1v) is 5.60. The number of carbonyl (C=O) groups is 2. The molecule has 4 nitrogen and oxygen atoms in total. The molecule has 2 atom stereocenters. The summed E-state index contributed by atoms with van der Waals surface area (Å²) in [5, 5.41) is 11.5. The van der Waals surface area contributed by atoms with E-state index in [1.165, 1.54) is 0 Å². The number of hydrogen-bond donors (Lipinski definition) is 2. The fourth-order valence-electron chi connectivity index (χ4n) is 1.71. The number of carboxylic acids is 1. The van der Waals surface area contributed by atoms with Crippen LogP contribution in [0.1, 0.15) is 33.1 Å². The van der Waals surface area contributed by atoms with E-state index >= 15 is 0 Å². The van der Waals surface area contributed by atoms with Crippen LogP contribution in [0.5, 0.6) is 0 Å². The van der Waals surface area contributed by atoms with Crippen LogP contribution in [-0.4, -0.2) is 23.5 Å². The number of amides is 1. The monoisotopic (exact) mass is 213 g/mol. The third-order valence-electron chi connectivity index (χ3n) is 3.16. The molecule has 1 fully saturated rings. The van der Waals surface area contributed by atoms with Crippen molar-refractivity contribution in [2.45, 2.75) is 33.1 Å². The summed E-state index contributed by atoms with van der Waals surface area (Å²) in [6, 6.07) is 0. The van der Waals surface area contributed by atoms with Crippen molar-refractivity contribution in [2.75, 3.05) is 6.54 Å². The second kappa shape index (κ2) is 5.14. The summed E-state index contributed by atoms with van der Waals surface area (Å²) in [6.45, 7) is 4.86. The van der Waals surface area contributed by atoms with Gasteiger partial charge in [0.25, 0.3) is 0 Å². The van der Waals surface area contributed by atoms with Gasteiger partial charge < -0.3 is 10.4 Å². The molecular weight excluding hydrogens is 194 g/mol. The minimum absolute atomic E-state index is 0.0886. The molecule has 1 amide bonds. The Balaban J connectivity index is 2.23. The average Bonchev–Trinajstić information content (AvgIpc) is 2.98. The van der Waals surface area contributed by atoms with Crippen molar-refractivity contribution < 1.29 is 14.7 Å². The molecule has 0 aromatic rings. The summed E-state index contributed by atoms with van der Waals surface area (Å²) in [4.78, 5) is 22.0. The van der Waals surface area contributed by atoms with E-state index in [1.807, 2.05) is 0 Å². The van der Waals surface area contributed by atoms with Gasteiger partial charge in [-0.3, -0.25) is 9.59 Å². The Hall–Kier alpha value is -1.06. The molecule has 1 rings (SSSR count). The third kappa shape index (κ3) is 3.22. The summed E-state index contributed by atoms with van der Waals surface area (Å²) < 4.78 is 0. The molecule has 2 unspecified atom stereocenters. The maximum absolute atomic E-state index is 11.5. The summed E-state index contributed by atoms with van der Waals surface area (Å²) in [6.07, 6.45) is 2.59. The first-order chi connectivity index (χ1) is 7.10. The van der Waals surface area contributed by atoms with E-state index in [-0.39, 0.29) is 11.8 Å². The molecule has 0 aliphatic heterocycles. The zero-order valence-electron chi connectivity index (χ0n) is 9.32. The van der Waals surface area contributed by atoms with Crippen LogP contribution in [0.3, 0.4) is 0 Å². The molecule has 0 aromatic heterocycles. The van der Waals surface area contributed by atoms with Crippen molar-refractivity contribution in [3.05, 3.63) is 0 Å². The van der Waals surface area contributed by atoms with Crippen LogP contribution < -0.4 is 5.32 Å². The Morgan fingerprint density at radius 3 is 2.33 bits per heavy atom. The molecular formula is C11H19NO3. The van der Waals surface area contributed by atoms with Gasteiger partial charge in [0.15, 0.2) is 0 Å². The van der Waals surface area contributed by atoms with E-state index in [0.717, 1.165) is 12.8 Å². The minimum Gasteiger partial charge on any atom is -0.481 e. The van der Waals surface area contributed by atoms with Gasteiger partial charge in [0.05, 0.1) is 11.8 Å². The first-order valence-electron chi connectivity index (χ1n) is 5.60. The second-order valence-corrected chi connectivity index (χ2v) is 4.21. The average molecular weight is 213 g/mol. The van der Waals surface area contributed by atoms with E-state index < -0.39 is 11.9 Å². The van der Waals surface area contributed by atoms with Crippen LogP contribution in [-0.2, 0) is 9.59 Å². The maximum Gasteiger partial charge on any atom is 0.307 e. The Labute approximate surface area is 90.0 Å². The highest BCUT2D eigenvalue weighted by molar-refractivity contribution is 5.89. The van der Waals surface area contributed by atoms with Gasteiger partial charge in [-0.1, -0.05) is 26.7 Å². The van der Waals surface area contributed by atoms with Crippen LogP contribution in [0.25, 0.3) is 0 Å². The van der Waals surface area contributed by atoms with Crippen LogP contribution in [0, 0.1) is 17.8 Å². The van der Waals surface area contributed by atoms with E-state index in [2.05, 4.69) is 19.2 Å². The van der Waals surface area contributed by atoms with Gasteiger partial charge in [0.2, 0.25) is 5.91 Å². The van der Waals surface area contributed by atoms with Gasteiger partial charge in [-0.2, -0.15) is 0 Å². The fraction of sp³-hybridized carbons (Fsp3) is 0.818. The third-order valence-corrected chi connectivity index (χ3v) is 3.16. The first kappa shape index (κ1) is 12.0. The van der Waals surface area contributed by atoms with Crippen LogP contribution >= 0.6 is 0 Å². The minimum atomic E-state index is -0.849. The molecule has 86 valence electrons. The molecule has 4 heteroatoms. The Morgan fingerprint density at radius 1 is 1.33 bits per heavy atom. The molecule has 0 bridgehead atoms. The van der Waals surface area contributed by atoms with Crippen molar-refractivity contribution in [1.82, 2.24) is 5.32 Å². The predicted molar refractivity (Wildman–Crippen MR) is 56.3 cm³/mol. The maximum atomic E-state index is 11.5. The number of rotatable bonds is 6. The zero-order chi connectivity index (χ0) is 11.4. The molecule has 0 aromatic carbocycles. The van der Waals surface area contributed by atoms with Crippen molar-refractivity contribution in [2.24, 2.45) is 17.8 Å². The number of nitrogens with one attached hydrogen (secondary N) is 1. The standard InChI is InChI=1S/C11H19NO3/c1-3-7(4-2)6-12-10(13)8-5-9(8)11(14)15/h7-9H,3-6H2,1-2H3,(H,12,13)(H,14,15). The summed E-state index contributed by atoms with van der Waals surface area (Å²) in [5.41, 5.74) is 0. The predicted octanol–water partition coefficient (Wildman–Crippen LogP) is 1.26. The Morgan fingerprint density at radius 2 is 1.93 bits per heavy atom. The molecule has 0 spiro atoms. The highest BCUT2D eigenvalue weighted by Gasteiger charge is 2.48. The topological polar surface area (TPSA) is 66.4 Å². The van der Waals surface area contributed by atoms with Gasteiger partial charge in [0.1, 0.15) is 0 Å². The fourth-order valence-corrected chi connectivity index (χ4v) is 1.71. The molecule has 0 heterocycles. The van der Waals surface area contributed by atoms with Crippen molar-refractivity contribution >= 4 is 11.9 Å². The van der Waals surface area contributed by atoms with Crippen LogP contribution in [0.4, 0.5) is 0 Å². The van der Waals surface area contributed by atoms with Gasteiger partial charge in [0, 0.05) is 6.54 Å². The lowest BCUT2D eigenvalue weighted by molar-refractivity contribution is -0.140. The van der Waals surface area contributed by atoms with Gasteiger partial charge in [-0.15, -0.1) is 0 Å². The summed E-state index contributed by atoms with van der Waals surface area (Å²) in [7, 11) is 0. The highest BCUT2D eigenvalue weighted by atomic mass is 16.4. The number of hydrogen-bond acceptors (Lipinski definition) is 2. The quantitative estimate of drug-likeness (QED) is 0.698. The van der Waals surface area contributed by atoms with E-state index in [4.69, 9.17) is 5.11 Å². The molecule has 2 N–H and O–H groups in total. The Bertz CT molecular complexity index is 248. The molecule has 15 heavy (non-hydrogen) atoms. The molecule has 0 saturated heterocycles. The lowest BCUT2D eigenvalue weighted by atomic mass is 10.0. The van der Waals surface area contributed by atoms with Crippen molar-refractivity contribution in [3.8, 4) is 0 Å². The largest absolute Gasteiger partial charge is 0.481 e. The van der Waals surface area contributed by atoms with E-state index in [1.54, 1.807) is 0 Å². The van der Waals surface area contributed by atoms with E-state index in [0.29, 0.717) is 18.9 Å². The molecule has 1 saturated carbocycles. The SMILES string of the molecule is CCC(CC)CNC(=O)C1CC1C(=O)O. The van der Waals surface area contributed by atoms with E-state index in [9.17, 15) is 9.59 Å². The lowest BCUT2D eigenvalue weighted by Crippen LogP contribution is -2.31. The molecule has 0 radical (unpaired) electrons. The number of carboxylic acid groups (broad SMARTS) is 1. The second-order valence-electron chi connectivity index (χ2n) is 4.21. The van der Waals surface area contributed by atoms with Gasteiger partial charge in [-0.05, 0) is 12.3 Å². The molecule has 1 aliphatic carbocycles. The zero-order valence-corrected chi connectivity index (χ0v) is 9.32. The van der Waals surface area contributed by atoms with Gasteiger partial charge in [-0.25, -0.2) is 0 Å². The highest BCUT2D eigenvalue weighted by Crippen LogP contribution is 2.38. The van der Waals surface area contributed by atoms with Crippen LogP contribution in [0.2, 0.25) is 0 Å². The van der Waals surface area contributed by atoms with Crippen LogP contribution in [0.15, 0.2) is 0 Å². The summed E-state index contributed by atoms with van der Waals surface area (Å²) in [5.74, 6) is -1.15. The van der Waals surface area contributed by atoms with Crippen molar-refractivity contribution in [3.63, 3.8) is 0 Å². The van der Waals surface area contributed by atoms with Crippen molar-refractivity contribution in [1.29, 1.82) is 0 Å². The lowest BCUT2D eigenvalue weighted by Gasteiger charge is -2.12. The normalized spacial score (nSPS) is 23.9. The number of carbonyl (C=O) groups excluding carboxylic acids is 1. The molecule has 1 aliphatic rings. The number of aliphatic carboxylic acids is 1.